The van der Waals surface area contributed by atoms with E-state index < -0.39 is 24.1 Å². The van der Waals surface area contributed by atoms with Crippen LogP contribution in [0.15, 0.2) is 96.5 Å². The number of nitrogens with zero attached hydrogens (tertiary/aromatic N) is 2. The molecule has 1 aliphatic carbocycles. The summed E-state index contributed by atoms with van der Waals surface area (Å²) in [6.45, 7) is 3.52. The van der Waals surface area contributed by atoms with Crippen molar-refractivity contribution < 1.29 is 53.4 Å². The standard InChI is InChI=1S/C50H52N4O11S2/c1-30-47(66-29-52-30)34-4-2-31(3-5-34)26-51-49(60)41-24-38(57)27-54(41)50(61)45(32-6-7-32)53-43(58)28-64-21-20-62-18-19-63-22-23-65-39-15-10-33(11-16-39)46(59)44-40-17-14-37(56)25-42(40)67-48(44)35-8-12-36(55)13-9-35/h2-5,8-17,25,29,32,38,41,45,55-57H,6-7,18-24,26-28H2,1H3,(H,51,60)(H,53,58)/t38-,41+,45+/m1/s1. The smallest absolute Gasteiger partial charge is 0.246 e. The lowest BCUT2D eigenvalue weighted by Gasteiger charge is -2.28. The minimum atomic E-state index is -0.854. The number of fused-ring (bicyclic) bond motifs is 1. The van der Waals surface area contributed by atoms with Crippen molar-refractivity contribution in [1.82, 2.24) is 20.5 Å². The Balaban J connectivity index is 0.703. The van der Waals surface area contributed by atoms with E-state index in [0.717, 1.165) is 55.1 Å². The van der Waals surface area contributed by atoms with Gasteiger partial charge in [-0.3, -0.25) is 19.2 Å². The molecule has 5 N–H and O–H groups in total. The maximum Gasteiger partial charge on any atom is 0.246 e. The lowest BCUT2D eigenvalue weighted by molar-refractivity contribution is -0.142. The number of ether oxygens (including phenoxy) is 4. The van der Waals surface area contributed by atoms with Crippen LogP contribution in [0.3, 0.4) is 0 Å². The molecule has 350 valence electrons. The number of carbonyl (C=O) groups is 4. The molecular formula is C50H52N4O11S2. The molecule has 1 saturated heterocycles. The molecule has 67 heavy (non-hydrogen) atoms. The first-order valence-electron chi connectivity index (χ1n) is 22.1. The minimum Gasteiger partial charge on any atom is -0.508 e. The van der Waals surface area contributed by atoms with Gasteiger partial charge in [-0.15, -0.1) is 22.7 Å². The van der Waals surface area contributed by atoms with Crippen molar-refractivity contribution in [2.45, 2.75) is 50.9 Å². The number of aryl methyl sites for hydroxylation is 1. The summed E-state index contributed by atoms with van der Waals surface area (Å²) >= 11 is 2.97. The first-order valence-corrected chi connectivity index (χ1v) is 23.8. The van der Waals surface area contributed by atoms with E-state index in [1.807, 2.05) is 36.7 Å². The molecular weight excluding hydrogens is 897 g/mol. The molecule has 0 radical (unpaired) electrons. The Kier molecular flexibility index (Phi) is 15.6. The van der Waals surface area contributed by atoms with Crippen LogP contribution in [-0.2, 0) is 35.1 Å². The van der Waals surface area contributed by atoms with Gasteiger partial charge in [-0.2, -0.15) is 0 Å². The van der Waals surface area contributed by atoms with Gasteiger partial charge in [0.05, 0.1) is 55.2 Å². The van der Waals surface area contributed by atoms with Crippen LogP contribution >= 0.6 is 22.7 Å². The lowest BCUT2D eigenvalue weighted by atomic mass is 9.97. The largest absolute Gasteiger partial charge is 0.508 e. The Bertz CT molecular complexity index is 2670. The fourth-order valence-corrected chi connectivity index (χ4v) is 10.0. The Morgan fingerprint density at radius 2 is 1.46 bits per heavy atom. The van der Waals surface area contributed by atoms with E-state index in [-0.39, 0.29) is 81.0 Å². The average molecular weight is 949 g/mol. The topological polar surface area (TPSA) is 206 Å². The van der Waals surface area contributed by atoms with Gasteiger partial charge < -0.3 is 49.8 Å². The number of β-amino-alcohol motifs (C(OH)–C–C–N with tert-alkyl or cyclic N) is 1. The molecule has 2 aromatic heterocycles. The van der Waals surface area contributed by atoms with Crippen LogP contribution in [-0.4, -0.2) is 120 Å². The number of nitrogens with one attached hydrogen (secondary N) is 2. The molecule has 0 bridgehead atoms. The highest BCUT2D eigenvalue weighted by Crippen LogP contribution is 2.42. The number of aromatic nitrogens is 1. The van der Waals surface area contributed by atoms with Gasteiger partial charge in [0.1, 0.15) is 42.5 Å². The predicted octanol–water partition coefficient (Wildman–Crippen LogP) is 6.24. The lowest BCUT2D eigenvalue weighted by Crippen LogP contribution is -2.54. The SMILES string of the molecule is Cc1ncsc1-c1ccc(CNC(=O)[C@@H]2C[C@@H](O)CN2C(=O)[C@@H](NC(=O)COCCOCCOCCOc2ccc(C(=O)c3c(-c4ccc(O)cc4)sc4cc(O)ccc34)cc2)C2CC2)cc1. The Labute approximate surface area is 395 Å². The zero-order chi connectivity index (χ0) is 46.9. The number of rotatable bonds is 22. The third-order valence-electron chi connectivity index (χ3n) is 11.6. The van der Waals surface area contributed by atoms with Crippen molar-refractivity contribution >= 4 is 56.3 Å². The number of aliphatic hydroxyl groups excluding tert-OH is 1. The maximum atomic E-state index is 13.9. The highest BCUT2D eigenvalue weighted by molar-refractivity contribution is 7.22. The monoisotopic (exact) mass is 948 g/mol. The molecule has 3 heterocycles. The number of aromatic hydroxyl groups is 2. The van der Waals surface area contributed by atoms with Gasteiger partial charge in [0, 0.05) is 45.6 Å². The van der Waals surface area contributed by atoms with E-state index in [4.69, 9.17) is 18.9 Å². The van der Waals surface area contributed by atoms with Crippen molar-refractivity contribution in [1.29, 1.82) is 0 Å². The molecule has 8 rings (SSSR count). The molecule has 4 aromatic carbocycles. The second-order valence-electron chi connectivity index (χ2n) is 16.5. The first kappa shape index (κ1) is 47.3. The average Bonchev–Trinajstić information content (AvgIpc) is 3.79. The summed E-state index contributed by atoms with van der Waals surface area (Å²) in [5.41, 5.74) is 6.50. The van der Waals surface area contributed by atoms with E-state index in [9.17, 15) is 34.5 Å². The van der Waals surface area contributed by atoms with Crippen LogP contribution < -0.4 is 15.4 Å². The molecule has 0 unspecified atom stereocenters. The van der Waals surface area contributed by atoms with Crippen molar-refractivity contribution in [3.63, 3.8) is 0 Å². The zero-order valence-corrected chi connectivity index (χ0v) is 38.5. The van der Waals surface area contributed by atoms with E-state index in [2.05, 4.69) is 15.6 Å². The van der Waals surface area contributed by atoms with Crippen LogP contribution in [0, 0.1) is 12.8 Å². The van der Waals surface area contributed by atoms with Gasteiger partial charge in [-0.25, -0.2) is 4.98 Å². The first-order chi connectivity index (χ1) is 32.5. The minimum absolute atomic E-state index is 0.00960. The van der Waals surface area contributed by atoms with Crippen LogP contribution in [0.5, 0.6) is 17.2 Å². The van der Waals surface area contributed by atoms with Crippen LogP contribution in [0.4, 0.5) is 0 Å². The third-order valence-corrected chi connectivity index (χ3v) is 13.8. The summed E-state index contributed by atoms with van der Waals surface area (Å²) in [6, 6.07) is 24.7. The van der Waals surface area contributed by atoms with Crippen molar-refractivity contribution in [2.24, 2.45) is 5.92 Å². The molecule has 0 spiro atoms. The van der Waals surface area contributed by atoms with Crippen LogP contribution in [0.1, 0.15) is 46.4 Å². The van der Waals surface area contributed by atoms with Gasteiger partial charge in [-0.1, -0.05) is 24.3 Å². The van der Waals surface area contributed by atoms with Crippen LogP contribution in [0.25, 0.3) is 31.0 Å². The third kappa shape index (κ3) is 12.0. The molecule has 1 aliphatic heterocycles. The van der Waals surface area contributed by atoms with Crippen molar-refractivity contribution in [3.05, 3.63) is 119 Å². The number of phenolic OH excluding ortho intramolecular Hbond substituents is 2. The van der Waals surface area contributed by atoms with Gasteiger partial charge in [0.2, 0.25) is 17.7 Å². The molecule has 3 amide bonds. The highest BCUT2D eigenvalue weighted by Gasteiger charge is 2.45. The van der Waals surface area contributed by atoms with Gasteiger partial charge in [0.15, 0.2) is 5.78 Å². The van der Waals surface area contributed by atoms with Gasteiger partial charge >= 0.3 is 0 Å². The summed E-state index contributed by atoms with van der Waals surface area (Å²) in [5, 5.41) is 36.8. The summed E-state index contributed by atoms with van der Waals surface area (Å²) in [4.78, 5) is 61.4. The molecule has 2 fully saturated rings. The Hall–Kier alpha value is -6.21. The number of thiazole rings is 1. The van der Waals surface area contributed by atoms with E-state index in [1.54, 1.807) is 78.1 Å². The van der Waals surface area contributed by atoms with Gasteiger partial charge in [0.25, 0.3) is 0 Å². The fraction of sp³-hybridized carbons (Fsp3) is 0.340. The molecule has 1 saturated carbocycles. The molecule has 6 aromatic rings. The summed E-state index contributed by atoms with van der Waals surface area (Å²) in [6.07, 6.45) is 0.804. The number of hydrogen-bond donors (Lipinski definition) is 5. The summed E-state index contributed by atoms with van der Waals surface area (Å²) in [7, 11) is 0. The second-order valence-corrected chi connectivity index (χ2v) is 18.4. The zero-order valence-electron chi connectivity index (χ0n) is 36.9. The van der Waals surface area contributed by atoms with Crippen molar-refractivity contribution in [2.75, 3.05) is 52.8 Å². The molecule has 17 heteroatoms. The maximum absolute atomic E-state index is 13.9. The molecule has 2 aliphatic rings. The fourth-order valence-electron chi connectivity index (χ4n) is 7.97. The number of benzene rings is 4. The number of ketones is 1. The molecule has 15 nitrogen and oxygen atoms in total. The highest BCUT2D eigenvalue weighted by atomic mass is 32.1. The van der Waals surface area contributed by atoms with Crippen LogP contribution in [0.2, 0.25) is 0 Å². The number of aliphatic hydroxyl groups is 1. The molecule has 3 atom stereocenters. The summed E-state index contributed by atoms with van der Waals surface area (Å²) in [5.74, 6) is -0.609. The predicted molar refractivity (Wildman–Crippen MR) is 253 cm³/mol. The number of thiophene rings is 1. The number of amides is 3. The number of carbonyl (C=O) groups excluding carboxylic acids is 4. The van der Waals surface area contributed by atoms with Crippen molar-refractivity contribution in [3.8, 4) is 38.1 Å². The Morgan fingerprint density at radius 3 is 2.15 bits per heavy atom. The summed E-state index contributed by atoms with van der Waals surface area (Å²) < 4.78 is 23.3. The Morgan fingerprint density at radius 1 is 0.806 bits per heavy atom. The number of likely N-dealkylation sites (tertiary alicyclic amines) is 1. The van der Waals surface area contributed by atoms with Gasteiger partial charge in [-0.05, 0) is 109 Å². The van der Waals surface area contributed by atoms with E-state index >= 15 is 0 Å². The quantitative estimate of drug-likeness (QED) is 0.0379. The number of hydrogen-bond acceptors (Lipinski definition) is 14. The second kappa shape index (κ2) is 22.1. The van der Waals surface area contributed by atoms with E-state index in [0.29, 0.717) is 36.7 Å². The van der Waals surface area contributed by atoms with E-state index in [1.165, 1.54) is 16.2 Å². The number of phenols is 2. The normalized spacial score (nSPS) is 16.2.